The summed E-state index contributed by atoms with van der Waals surface area (Å²) in [4.78, 5) is 2.05. The monoisotopic (exact) mass is 398 g/mol. The molecule has 0 spiro atoms. The summed E-state index contributed by atoms with van der Waals surface area (Å²) in [6.45, 7) is 3.64. The highest BCUT2D eigenvalue weighted by Gasteiger charge is 2.28. The number of sulfonamides is 1. The van der Waals surface area contributed by atoms with Gasteiger partial charge in [0.1, 0.15) is 10.7 Å². The summed E-state index contributed by atoms with van der Waals surface area (Å²) in [5.74, 6) is -0.575. The van der Waals surface area contributed by atoms with Gasteiger partial charge in [-0.1, -0.05) is 29.8 Å². The zero-order valence-corrected chi connectivity index (χ0v) is 15.7. The van der Waals surface area contributed by atoms with Crippen LogP contribution in [0.4, 0.5) is 10.1 Å². The number of morpholine rings is 1. The van der Waals surface area contributed by atoms with E-state index in [0.29, 0.717) is 25.4 Å². The van der Waals surface area contributed by atoms with Crippen molar-refractivity contribution in [1.29, 1.82) is 0 Å². The van der Waals surface area contributed by atoms with Gasteiger partial charge >= 0.3 is 0 Å². The SMILES string of the molecule is O=S(=O)(c1ccc(F)cc1Cl)N(CCN1CCOCC1)c1ccccc1. The fraction of sp³-hybridized carbons (Fsp3) is 0.333. The van der Waals surface area contributed by atoms with Crippen LogP contribution in [0.3, 0.4) is 0 Å². The minimum atomic E-state index is -3.93. The van der Waals surface area contributed by atoms with Crippen molar-refractivity contribution in [2.24, 2.45) is 0 Å². The zero-order chi connectivity index (χ0) is 18.6. The van der Waals surface area contributed by atoms with Gasteiger partial charge in [-0.3, -0.25) is 9.21 Å². The fourth-order valence-electron chi connectivity index (χ4n) is 2.84. The van der Waals surface area contributed by atoms with Crippen LogP contribution >= 0.6 is 11.6 Å². The maximum Gasteiger partial charge on any atom is 0.265 e. The number of halogens is 2. The Morgan fingerprint density at radius 2 is 1.81 bits per heavy atom. The predicted octanol–water partition coefficient (Wildman–Crippen LogP) is 3.01. The van der Waals surface area contributed by atoms with E-state index >= 15 is 0 Å². The number of nitrogens with zero attached hydrogens (tertiary/aromatic N) is 2. The van der Waals surface area contributed by atoms with E-state index in [4.69, 9.17) is 16.3 Å². The van der Waals surface area contributed by atoms with E-state index in [0.717, 1.165) is 25.2 Å². The molecule has 0 bridgehead atoms. The van der Waals surface area contributed by atoms with Gasteiger partial charge < -0.3 is 4.74 Å². The Kier molecular flexibility index (Phi) is 6.13. The normalized spacial score (nSPS) is 15.8. The molecule has 3 rings (SSSR count). The number of rotatable bonds is 6. The van der Waals surface area contributed by atoms with Crippen LogP contribution < -0.4 is 4.31 Å². The van der Waals surface area contributed by atoms with Crippen LogP contribution in [-0.2, 0) is 14.8 Å². The molecule has 0 aliphatic carbocycles. The second-order valence-corrected chi connectivity index (χ2v) is 8.18. The molecule has 1 fully saturated rings. The number of ether oxygens (including phenoxy) is 1. The lowest BCUT2D eigenvalue weighted by atomic mass is 10.3. The van der Waals surface area contributed by atoms with Crippen molar-refractivity contribution < 1.29 is 17.5 Å². The molecule has 1 aliphatic rings. The van der Waals surface area contributed by atoms with E-state index in [2.05, 4.69) is 4.90 Å². The van der Waals surface area contributed by atoms with Crippen molar-refractivity contribution in [3.05, 3.63) is 59.4 Å². The Labute approximate surface area is 158 Å². The van der Waals surface area contributed by atoms with Crippen molar-refractivity contribution in [1.82, 2.24) is 4.90 Å². The number of benzene rings is 2. The Bertz CT molecular complexity index is 843. The average Bonchev–Trinajstić information content (AvgIpc) is 2.63. The number of hydrogen-bond donors (Lipinski definition) is 0. The highest BCUT2D eigenvalue weighted by Crippen LogP contribution is 2.29. The van der Waals surface area contributed by atoms with Gasteiger partial charge in [0.05, 0.1) is 23.9 Å². The van der Waals surface area contributed by atoms with Crippen LogP contribution in [0, 0.1) is 5.82 Å². The van der Waals surface area contributed by atoms with E-state index in [1.165, 1.54) is 10.4 Å². The first kappa shape index (κ1) is 19.1. The zero-order valence-electron chi connectivity index (χ0n) is 14.1. The Hall–Kier alpha value is -1.67. The van der Waals surface area contributed by atoms with Gasteiger partial charge in [0.25, 0.3) is 10.0 Å². The molecule has 0 unspecified atom stereocenters. The van der Waals surface area contributed by atoms with Gasteiger partial charge in [-0.25, -0.2) is 12.8 Å². The molecule has 1 heterocycles. The molecule has 140 valence electrons. The lowest BCUT2D eigenvalue weighted by Crippen LogP contribution is -2.43. The topological polar surface area (TPSA) is 49.9 Å². The Morgan fingerprint density at radius 3 is 2.46 bits per heavy atom. The molecule has 8 heteroatoms. The summed E-state index contributed by atoms with van der Waals surface area (Å²) in [5, 5.41) is -0.127. The highest BCUT2D eigenvalue weighted by molar-refractivity contribution is 7.93. The largest absolute Gasteiger partial charge is 0.379 e. The van der Waals surface area contributed by atoms with E-state index < -0.39 is 15.8 Å². The van der Waals surface area contributed by atoms with Gasteiger partial charge in [-0.15, -0.1) is 0 Å². The predicted molar refractivity (Wildman–Crippen MR) is 99.6 cm³/mol. The second-order valence-electron chi connectivity index (χ2n) is 5.94. The molecule has 0 atom stereocenters. The molecule has 0 amide bonds. The number of para-hydroxylation sites is 1. The van der Waals surface area contributed by atoms with Gasteiger partial charge in [-0.05, 0) is 30.3 Å². The number of hydrogen-bond acceptors (Lipinski definition) is 4. The summed E-state index contributed by atoms with van der Waals surface area (Å²) in [5.41, 5.74) is 0.543. The first-order valence-corrected chi connectivity index (χ1v) is 10.1. The van der Waals surface area contributed by atoms with Gasteiger partial charge in [-0.2, -0.15) is 0 Å². The van der Waals surface area contributed by atoms with Crippen LogP contribution in [0.2, 0.25) is 5.02 Å². The Morgan fingerprint density at radius 1 is 1.12 bits per heavy atom. The standard InChI is InChI=1S/C18H20ClFN2O3S/c19-17-14-15(20)6-7-18(17)26(23,24)22(16-4-2-1-3-5-16)9-8-21-10-12-25-13-11-21/h1-7,14H,8-13H2. The van der Waals surface area contributed by atoms with E-state index in [1.807, 2.05) is 6.07 Å². The third-order valence-corrected chi connectivity index (χ3v) is 6.54. The van der Waals surface area contributed by atoms with Gasteiger partial charge in [0.15, 0.2) is 0 Å². The quantitative estimate of drug-likeness (QED) is 0.750. The summed E-state index contributed by atoms with van der Waals surface area (Å²) in [7, 11) is -3.93. The molecule has 1 aliphatic heterocycles. The first-order valence-electron chi connectivity index (χ1n) is 8.31. The van der Waals surface area contributed by atoms with Gasteiger partial charge in [0, 0.05) is 26.2 Å². The van der Waals surface area contributed by atoms with Crippen molar-refractivity contribution in [3.63, 3.8) is 0 Å². The molecule has 1 saturated heterocycles. The minimum Gasteiger partial charge on any atom is -0.379 e. The van der Waals surface area contributed by atoms with Crippen LogP contribution in [0.1, 0.15) is 0 Å². The van der Waals surface area contributed by atoms with Crippen molar-refractivity contribution >= 4 is 27.3 Å². The maximum atomic E-state index is 13.3. The molecule has 0 saturated carbocycles. The van der Waals surface area contributed by atoms with Crippen LogP contribution in [0.25, 0.3) is 0 Å². The molecule has 0 radical (unpaired) electrons. The van der Waals surface area contributed by atoms with E-state index in [1.54, 1.807) is 24.3 Å². The van der Waals surface area contributed by atoms with Crippen LogP contribution in [0.15, 0.2) is 53.4 Å². The highest BCUT2D eigenvalue weighted by atomic mass is 35.5. The lowest BCUT2D eigenvalue weighted by molar-refractivity contribution is 0.0395. The summed E-state index contributed by atoms with van der Waals surface area (Å²) in [6, 6.07) is 12.2. The summed E-state index contributed by atoms with van der Waals surface area (Å²) in [6.07, 6.45) is 0. The first-order chi connectivity index (χ1) is 12.5. The minimum absolute atomic E-state index is 0.105. The van der Waals surface area contributed by atoms with Crippen LogP contribution in [0.5, 0.6) is 0 Å². The molecule has 5 nitrogen and oxygen atoms in total. The molecule has 2 aromatic carbocycles. The van der Waals surface area contributed by atoms with Crippen LogP contribution in [-0.4, -0.2) is 52.7 Å². The lowest BCUT2D eigenvalue weighted by Gasteiger charge is -2.30. The molecular weight excluding hydrogens is 379 g/mol. The van der Waals surface area contributed by atoms with Gasteiger partial charge in [0.2, 0.25) is 0 Å². The van der Waals surface area contributed by atoms with E-state index in [-0.39, 0.29) is 16.5 Å². The van der Waals surface area contributed by atoms with Crippen molar-refractivity contribution in [2.75, 3.05) is 43.7 Å². The average molecular weight is 399 g/mol. The number of anilines is 1. The molecule has 0 aromatic heterocycles. The molecule has 2 aromatic rings. The summed E-state index contributed by atoms with van der Waals surface area (Å²) < 4.78 is 46.4. The smallest absolute Gasteiger partial charge is 0.265 e. The third-order valence-electron chi connectivity index (χ3n) is 4.23. The Balaban J connectivity index is 1.91. The van der Waals surface area contributed by atoms with E-state index in [9.17, 15) is 12.8 Å². The third kappa shape index (κ3) is 4.35. The van der Waals surface area contributed by atoms with Crippen molar-refractivity contribution in [2.45, 2.75) is 4.90 Å². The second kappa shape index (κ2) is 8.35. The van der Waals surface area contributed by atoms with Crippen molar-refractivity contribution in [3.8, 4) is 0 Å². The molecular formula is C18H20ClFN2O3S. The summed E-state index contributed by atoms with van der Waals surface area (Å²) >= 11 is 6.02. The fourth-order valence-corrected chi connectivity index (χ4v) is 4.81. The molecule has 26 heavy (non-hydrogen) atoms. The maximum absolute atomic E-state index is 13.3. The molecule has 0 N–H and O–H groups in total.